The van der Waals surface area contributed by atoms with E-state index in [0.717, 1.165) is 0 Å². The van der Waals surface area contributed by atoms with Gasteiger partial charge in [-0.1, -0.05) is 0 Å². The van der Waals surface area contributed by atoms with Crippen molar-refractivity contribution in [1.29, 1.82) is 0 Å². The molecule has 17 heavy (non-hydrogen) atoms. The van der Waals surface area contributed by atoms with Crippen molar-refractivity contribution in [3.63, 3.8) is 0 Å². The number of guanidine groups is 1. The first-order valence-electron chi connectivity index (χ1n) is 5.71. The van der Waals surface area contributed by atoms with Crippen molar-refractivity contribution in [2.75, 3.05) is 11.5 Å². The van der Waals surface area contributed by atoms with Gasteiger partial charge in [0.25, 0.3) is 5.91 Å². The number of carbonyl (C=O) groups excluding carboxylic acids is 1. The molecule has 7 heteroatoms. The molecule has 2 heterocycles. The number of hydrogen-bond acceptors (Lipinski definition) is 4. The van der Waals surface area contributed by atoms with Crippen LogP contribution >= 0.6 is 0 Å². The Kier molecular flexibility index (Phi) is 2.89. The van der Waals surface area contributed by atoms with Gasteiger partial charge in [-0.2, -0.15) is 0 Å². The highest BCUT2D eigenvalue weighted by Gasteiger charge is 2.48. The van der Waals surface area contributed by atoms with Gasteiger partial charge in [-0.05, 0) is 26.7 Å². The summed E-state index contributed by atoms with van der Waals surface area (Å²) >= 11 is 0. The molecule has 0 aliphatic carbocycles. The van der Waals surface area contributed by atoms with Gasteiger partial charge in [0.1, 0.15) is 5.54 Å². The first-order chi connectivity index (χ1) is 7.83. The highest BCUT2D eigenvalue weighted by Crippen LogP contribution is 2.26. The summed E-state index contributed by atoms with van der Waals surface area (Å²) in [4.78, 5) is 16.1. The topological polar surface area (TPSA) is 87.6 Å². The second kappa shape index (κ2) is 3.97. The van der Waals surface area contributed by atoms with Crippen LogP contribution in [-0.4, -0.2) is 43.4 Å². The molecular formula is C10H17N3O3S. The van der Waals surface area contributed by atoms with E-state index in [-0.39, 0.29) is 23.5 Å². The predicted molar refractivity (Wildman–Crippen MR) is 64.5 cm³/mol. The zero-order chi connectivity index (χ0) is 12.7. The van der Waals surface area contributed by atoms with E-state index in [9.17, 15) is 13.2 Å². The minimum Gasteiger partial charge on any atom is -0.342 e. The van der Waals surface area contributed by atoms with Crippen molar-refractivity contribution in [2.24, 2.45) is 4.99 Å². The van der Waals surface area contributed by atoms with E-state index in [4.69, 9.17) is 0 Å². The Bertz CT molecular complexity index is 453. The lowest BCUT2D eigenvalue weighted by Gasteiger charge is -2.30. The van der Waals surface area contributed by atoms with Gasteiger partial charge in [0.05, 0.1) is 11.5 Å². The van der Waals surface area contributed by atoms with Crippen molar-refractivity contribution < 1.29 is 13.2 Å². The Hall–Kier alpha value is -1.11. The number of hydrogen-bond donors (Lipinski definition) is 2. The summed E-state index contributed by atoms with van der Waals surface area (Å²) in [6, 6.07) is 0.0836. The van der Waals surface area contributed by atoms with E-state index in [1.807, 2.05) is 13.8 Å². The van der Waals surface area contributed by atoms with E-state index in [1.165, 1.54) is 0 Å². The van der Waals surface area contributed by atoms with Crippen LogP contribution in [0.1, 0.15) is 26.7 Å². The molecule has 0 saturated carbocycles. The lowest BCUT2D eigenvalue weighted by atomic mass is 9.93. The van der Waals surface area contributed by atoms with Crippen LogP contribution in [0.2, 0.25) is 0 Å². The molecule has 1 amide bonds. The van der Waals surface area contributed by atoms with Gasteiger partial charge in [-0.15, -0.1) is 0 Å². The van der Waals surface area contributed by atoms with Gasteiger partial charge in [-0.3, -0.25) is 15.1 Å². The summed E-state index contributed by atoms with van der Waals surface area (Å²) in [5.41, 5.74) is -0.765. The zero-order valence-corrected chi connectivity index (χ0v) is 10.8. The van der Waals surface area contributed by atoms with Crippen molar-refractivity contribution in [2.45, 2.75) is 38.3 Å². The normalized spacial score (nSPS) is 28.4. The average molecular weight is 259 g/mol. The number of aliphatic imine (C=N–C) groups is 1. The molecule has 2 aliphatic rings. The van der Waals surface area contributed by atoms with Crippen LogP contribution in [0, 0.1) is 0 Å². The van der Waals surface area contributed by atoms with Crippen LogP contribution in [0.15, 0.2) is 4.99 Å². The van der Waals surface area contributed by atoms with E-state index < -0.39 is 15.4 Å². The van der Waals surface area contributed by atoms with Crippen LogP contribution in [0.25, 0.3) is 0 Å². The van der Waals surface area contributed by atoms with E-state index in [0.29, 0.717) is 18.8 Å². The maximum absolute atomic E-state index is 11.9. The summed E-state index contributed by atoms with van der Waals surface area (Å²) in [6.07, 6.45) is 0.635. The summed E-state index contributed by atoms with van der Waals surface area (Å²) in [5, 5.41) is 5.73. The lowest BCUT2D eigenvalue weighted by Crippen LogP contribution is -2.52. The number of nitrogens with one attached hydrogen (secondary N) is 2. The Morgan fingerprint density at radius 3 is 2.41 bits per heavy atom. The lowest BCUT2D eigenvalue weighted by molar-refractivity contribution is -0.124. The molecule has 2 fully saturated rings. The van der Waals surface area contributed by atoms with Crippen LogP contribution < -0.4 is 10.6 Å². The molecule has 0 bridgehead atoms. The molecule has 96 valence electrons. The number of sulfone groups is 1. The van der Waals surface area contributed by atoms with Gasteiger partial charge in [0.2, 0.25) is 0 Å². The third-order valence-electron chi connectivity index (χ3n) is 3.09. The second-order valence-electron chi connectivity index (χ2n) is 4.88. The van der Waals surface area contributed by atoms with E-state index in [2.05, 4.69) is 15.6 Å². The van der Waals surface area contributed by atoms with Gasteiger partial charge in [0.15, 0.2) is 15.8 Å². The minimum atomic E-state index is -2.97. The maximum Gasteiger partial charge on any atom is 0.252 e. The largest absolute Gasteiger partial charge is 0.342 e. The molecule has 0 atom stereocenters. The van der Waals surface area contributed by atoms with Crippen LogP contribution in [0.3, 0.4) is 0 Å². The second-order valence-corrected chi connectivity index (χ2v) is 7.19. The quantitative estimate of drug-likeness (QED) is 0.659. The number of carbonyl (C=O) groups is 1. The number of rotatable bonds is 1. The first kappa shape index (κ1) is 12.3. The van der Waals surface area contributed by atoms with Gasteiger partial charge in [-0.25, -0.2) is 8.42 Å². The smallest absolute Gasteiger partial charge is 0.252 e. The monoisotopic (exact) mass is 259 g/mol. The van der Waals surface area contributed by atoms with E-state index >= 15 is 0 Å². The molecule has 0 unspecified atom stereocenters. The molecule has 2 N–H and O–H groups in total. The molecule has 6 nitrogen and oxygen atoms in total. The van der Waals surface area contributed by atoms with Crippen molar-refractivity contribution >= 4 is 21.7 Å². The van der Waals surface area contributed by atoms with Crippen LogP contribution in [0.4, 0.5) is 0 Å². The molecule has 1 spiro atoms. The van der Waals surface area contributed by atoms with Crippen LogP contribution in [0.5, 0.6) is 0 Å². The first-order valence-corrected chi connectivity index (χ1v) is 7.53. The highest BCUT2D eigenvalue weighted by molar-refractivity contribution is 7.91. The Morgan fingerprint density at radius 1 is 1.29 bits per heavy atom. The molecular weight excluding hydrogens is 242 g/mol. The summed E-state index contributed by atoms with van der Waals surface area (Å²) in [7, 11) is -2.97. The summed E-state index contributed by atoms with van der Waals surface area (Å²) < 4.78 is 22.7. The fourth-order valence-corrected chi connectivity index (χ4v) is 3.63. The Morgan fingerprint density at radius 2 is 1.88 bits per heavy atom. The predicted octanol–water partition coefficient (Wildman–Crippen LogP) is -0.582. The molecule has 0 aromatic heterocycles. The molecule has 2 rings (SSSR count). The third-order valence-corrected chi connectivity index (χ3v) is 4.74. The van der Waals surface area contributed by atoms with Gasteiger partial charge < -0.3 is 5.32 Å². The standard InChI is InChI=1S/C10H17N3O3S/c1-7(2)11-9-12-8(14)10(13-9)3-5-17(15,16)6-4-10/h7H,3-6H2,1-2H3,(H2,11,12,13,14). The SMILES string of the molecule is CC(C)N=C1NC(=O)C2(CCS(=O)(=O)CC2)N1. The van der Waals surface area contributed by atoms with Crippen molar-refractivity contribution in [1.82, 2.24) is 10.6 Å². The third kappa shape index (κ3) is 2.43. The summed E-state index contributed by atoms with van der Waals surface area (Å²) in [5.74, 6) is 0.418. The molecule has 2 saturated heterocycles. The zero-order valence-electron chi connectivity index (χ0n) is 9.99. The maximum atomic E-state index is 11.9. The van der Waals surface area contributed by atoms with Gasteiger partial charge in [0, 0.05) is 6.04 Å². The van der Waals surface area contributed by atoms with E-state index in [1.54, 1.807) is 0 Å². The minimum absolute atomic E-state index is 0.0579. The van der Waals surface area contributed by atoms with Crippen molar-refractivity contribution in [3.05, 3.63) is 0 Å². The van der Waals surface area contributed by atoms with Crippen molar-refractivity contribution in [3.8, 4) is 0 Å². The fourth-order valence-electron chi connectivity index (χ4n) is 2.10. The van der Waals surface area contributed by atoms with Gasteiger partial charge >= 0.3 is 0 Å². The number of amides is 1. The Balaban J connectivity index is 2.16. The molecule has 0 aromatic rings. The molecule has 0 radical (unpaired) electrons. The Labute approximate surface area is 101 Å². The molecule has 0 aromatic carbocycles. The highest BCUT2D eigenvalue weighted by atomic mass is 32.2. The molecule has 2 aliphatic heterocycles. The summed E-state index contributed by atoms with van der Waals surface area (Å²) in [6.45, 7) is 3.83. The average Bonchev–Trinajstić information content (AvgIpc) is 2.48. The van der Waals surface area contributed by atoms with Crippen LogP contribution in [-0.2, 0) is 14.6 Å². The number of nitrogens with zero attached hydrogens (tertiary/aromatic N) is 1. The fraction of sp³-hybridized carbons (Fsp3) is 0.800.